The van der Waals surface area contributed by atoms with Crippen LogP contribution in [-0.2, 0) is 28.6 Å². The normalized spacial score (nSPS) is 13.1. The van der Waals surface area contributed by atoms with Crippen LogP contribution in [0.5, 0.6) is 0 Å². The summed E-state index contributed by atoms with van der Waals surface area (Å²) < 4.78 is 16.8. The van der Waals surface area contributed by atoms with Crippen molar-refractivity contribution < 1.29 is 28.6 Å². The summed E-state index contributed by atoms with van der Waals surface area (Å²) in [7, 11) is 0. The molecule has 0 fully saturated rings. The van der Waals surface area contributed by atoms with Crippen LogP contribution in [-0.4, -0.2) is 37.2 Å². The van der Waals surface area contributed by atoms with Crippen LogP contribution in [0.15, 0.2) is 134 Å². The molecule has 0 radical (unpaired) electrons. The summed E-state index contributed by atoms with van der Waals surface area (Å²) in [5, 5.41) is 0. The van der Waals surface area contributed by atoms with Crippen LogP contribution in [0.2, 0.25) is 0 Å². The minimum absolute atomic E-state index is 0.0917. The lowest BCUT2D eigenvalue weighted by atomic mass is 10.0. The Labute approximate surface area is 455 Å². The molecule has 0 heterocycles. The monoisotopic (exact) mass is 1020 g/mol. The predicted molar refractivity (Wildman–Crippen MR) is 320 cm³/mol. The second-order valence-electron chi connectivity index (χ2n) is 19.5. The fourth-order valence-corrected chi connectivity index (χ4v) is 7.99. The van der Waals surface area contributed by atoms with Crippen LogP contribution in [0.3, 0.4) is 0 Å². The summed E-state index contributed by atoms with van der Waals surface area (Å²) in [6.07, 6.45) is 86.2. The largest absolute Gasteiger partial charge is 0.462 e. The Balaban J connectivity index is 4.41. The molecule has 0 aromatic carbocycles. The van der Waals surface area contributed by atoms with Crippen molar-refractivity contribution in [1.29, 1.82) is 0 Å². The Morgan fingerprint density at radius 2 is 0.568 bits per heavy atom. The van der Waals surface area contributed by atoms with Gasteiger partial charge in [0, 0.05) is 12.8 Å². The Hall–Kier alpha value is -4.45. The first-order valence-electron chi connectivity index (χ1n) is 30.2. The highest BCUT2D eigenvalue weighted by Gasteiger charge is 2.19. The average Bonchev–Trinajstić information content (AvgIpc) is 3.40. The van der Waals surface area contributed by atoms with Crippen LogP contribution < -0.4 is 0 Å². The zero-order valence-corrected chi connectivity index (χ0v) is 47.8. The number of hydrogen-bond acceptors (Lipinski definition) is 6. The van der Waals surface area contributed by atoms with E-state index in [-0.39, 0.29) is 31.6 Å². The van der Waals surface area contributed by atoms with Crippen molar-refractivity contribution >= 4 is 17.9 Å². The van der Waals surface area contributed by atoms with E-state index in [0.29, 0.717) is 19.3 Å². The lowest BCUT2D eigenvalue weighted by Crippen LogP contribution is -2.30. The van der Waals surface area contributed by atoms with Crippen molar-refractivity contribution in [3.63, 3.8) is 0 Å². The number of esters is 3. The predicted octanol–water partition coefficient (Wildman–Crippen LogP) is 20.6. The molecule has 0 saturated heterocycles. The molecule has 0 aliphatic heterocycles. The zero-order chi connectivity index (χ0) is 53.6. The van der Waals surface area contributed by atoms with Crippen molar-refractivity contribution in [3.8, 4) is 0 Å². The van der Waals surface area contributed by atoms with Gasteiger partial charge in [-0.25, -0.2) is 0 Å². The van der Waals surface area contributed by atoms with Gasteiger partial charge in [-0.3, -0.25) is 14.4 Å². The molecule has 0 spiro atoms. The number of ether oxygens (including phenoxy) is 3. The molecule has 6 nitrogen and oxygen atoms in total. The molecule has 0 aliphatic rings. The van der Waals surface area contributed by atoms with Crippen LogP contribution in [0, 0.1) is 0 Å². The number of carbonyl (C=O) groups is 3. The van der Waals surface area contributed by atoms with E-state index in [1.807, 2.05) is 6.08 Å². The van der Waals surface area contributed by atoms with Gasteiger partial charge in [0.05, 0.1) is 6.42 Å². The smallest absolute Gasteiger partial charge is 0.310 e. The van der Waals surface area contributed by atoms with E-state index in [1.54, 1.807) is 6.08 Å². The molecule has 0 N–H and O–H groups in total. The summed E-state index contributed by atoms with van der Waals surface area (Å²) in [6, 6.07) is 0. The molecule has 1 atom stereocenters. The number of rotatable bonds is 53. The molecular formula is C68H110O6. The summed E-state index contributed by atoms with van der Waals surface area (Å²) in [6.45, 7) is 6.32. The fourth-order valence-electron chi connectivity index (χ4n) is 7.99. The maximum atomic E-state index is 12.8. The second-order valence-corrected chi connectivity index (χ2v) is 19.5. The van der Waals surface area contributed by atoms with Crippen LogP contribution >= 0.6 is 0 Å². The maximum Gasteiger partial charge on any atom is 0.310 e. The lowest BCUT2D eigenvalue weighted by Gasteiger charge is -2.18. The Morgan fingerprint density at radius 3 is 0.892 bits per heavy atom. The summed E-state index contributed by atoms with van der Waals surface area (Å²) >= 11 is 0. The van der Waals surface area contributed by atoms with Gasteiger partial charge in [0.25, 0.3) is 0 Å². The summed E-state index contributed by atoms with van der Waals surface area (Å²) in [5.74, 6) is -1.06. The van der Waals surface area contributed by atoms with E-state index in [4.69, 9.17) is 14.2 Å². The first-order chi connectivity index (χ1) is 36.5. The van der Waals surface area contributed by atoms with E-state index in [1.165, 1.54) is 103 Å². The maximum absolute atomic E-state index is 12.8. The van der Waals surface area contributed by atoms with E-state index in [0.717, 1.165) is 109 Å². The molecule has 418 valence electrons. The first kappa shape index (κ1) is 69.5. The topological polar surface area (TPSA) is 78.9 Å². The third-order valence-electron chi connectivity index (χ3n) is 12.4. The van der Waals surface area contributed by atoms with E-state index < -0.39 is 12.1 Å². The highest BCUT2D eigenvalue weighted by molar-refractivity contribution is 5.72. The fraction of sp³-hybridized carbons (Fsp3) is 0.632. The number of carbonyl (C=O) groups excluding carboxylic acids is 3. The van der Waals surface area contributed by atoms with Crippen molar-refractivity contribution in [2.24, 2.45) is 0 Å². The van der Waals surface area contributed by atoms with Crippen molar-refractivity contribution in [1.82, 2.24) is 0 Å². The molecule has 0 bridgehead atoms. The third-order valence-corrected chi connectivity index (χ3v) is 12.4. The third kappa shape index (κ3) is 58.4. The minimum atomic E-state index is -0.839. The van der Waals surface area contributed by atoms with Crippen molar-refractivity contribution in [2.75, 3.05) is 13.2 Å². The minimum Gasteiger partial charge on any atom is -0.462 e. The van der Waals surface area contributed by atoms with Crippen molar-refractivity contribution in [3.05, 3.63) is 134 Å². The molecule has 0 saturated carbocycles. The van der Waals surface area contributed by atoms with E-state index in [9.17, 15) is 14.4 Å². The van der Waals surface area contributed by atoms with E-state index >= 15 is 0 Å². The summed E-state index contributed by atoms with van der Waals surface area (Å²) in [5.41, 5.74) is 0. The van der Waals surface area contributed by atoms with Gasteiger partial charge in [0.2, 0.25) is 0 Å². The van der Waals surface area contributed by atoms with Gasteiger partial charge in [-0.05, 0) is 96.3 Å². The van der Waals surface area contributed by atoms with Gasteiger partial charge < -0.3 is 14.2 Å². The lowest BCUT2D eigenvalue weighted by molar-refractivity contribution is -0.166. The molecule has 0 rings (SSSR count). The Kier molecular flexibility index (Phi) is 57.4. The number of allylic oxidation sites excluding steroid dienone is 21. The highest BCUT2D eigenvalue weighted by Crippen LogP contribution is 2.15. The Bertz CT molecular complexity index is 1600. The molecule has 0 aromatic heterocycles. The number of unbranched alkanes of at least 4 members (excludes halogenated alkanes) is 21. The summed E-state index contributed by atoms with van der Waals surface area (Å²) in [4.78, 5) is 38.1. The molecule has 6 heteroatoms. The molecule has 0 aliphatic carbocycles. The average molecular weight is 1020 g/mol. The van der Waals surface area contributed by atoms with Gasteiger partial charge >= 0.3 is 17.9 Å². The molecule has 1 unspecified atom stereocenters. The highest BCUT2D eigenvalue weighted by atomic mass is 16.6. The SMILES string of the molecule is CC/C=C\C/C=C\C/C=C\C/C=C\C/C=C\C/C=C\CCCCCCCCCCC(=O)OCC(COC(=O)CCCCCCCCCCCCCCCC)OC(=O)C/C=C\C/C=C\C/C=C\C/C=C\C/C=C\CC. The Morgan fingerprint density at radius 1 is 0.297 bits per heavy atom. The molecule has 74 heavy (non-hydrogen) atoms. The first-order valence-corrected chi connectivity index (χ1v) is 30.2. The molecular weight excluding hydrogens is 913 g/mol. The van der Waals surface area contributed by atoms with Crippen LogP contribution in [0.25, 0.3) is 0 Å². The van der Waals surface area contributed by atoms with E-state index in [2.05, 4.69) is 142 Å². The van der Waals surface area contributed by atoms with Gasteiger partial charge in [-0.15, -0.1) is 0 Å². The van der Waals surface area contributed by atoms with Crippen LogP contribution in [0.4, 0.5) is 0 Å². The van der Waals surface area contributed by atoms with Crippen LogP contribution in [0.1, 0.15) is 258 Å². The van der Waals surface area contributed by atoms with Gasteiger partial charge in [-0.1, -0.05) is 276 Å². The van der Waals surface area contributed by atoms with Crippen molar-refractivity contribution in [2.45, 2.75) is 264 Å². The van der Waals surface area contributed by atoms with Gasteiger partial charge in [0.1, 0.15) is 13.2 Å². The quantitative estimate of drug-likeness (QED) is 0.0261. The standard InChI is InChI=1S/C68H110O6/c1-4-7-10-13-16-19-22-25-28-29-30-31-32-33-34-35-36-37-38-39-41-43-46-49-52-55-58-61-67(70)73-64-65(63-72-66(69)60-57-54-51-48-45-42-27-24-21-18-15-12-9-6-3)74-68(71)62-59-56-53-50-47-44-40-26-23-20-17-14-11-8-5-2/h7-8,10-11,16-17,19-20,25-26,28,30-31,33-34,36-37,40,47,50,56,59,65H,4-6,9,12-15,18,21-24,27,29,32,35,38-39,41-46,48-49,51-55,57-58,60-64H2,1-3H3/b10-7-,11-8-,19-16-,20-17-,28-25-,31-30-,34-33-,37-36-,40-26-,50-47-,59-56-. The zero-order valence-electron chi connectivity index (χ0n) is 47.8. The number of hydrogen-bond donors (Lipinski definition) is 0. The molecule has 0 amide bonds. The molecule has 0 aromatic rings. The van der Waals surface area contributed by atoms with Gasteiger partial charge in [0.15, 0.2) is 6.10 Å². The van der Waals surface area contributed by atoms with Gasteiger partial charge in [-0.2, -0.15) is 0 Å². The second kappa shape index (κ2) is 61.1.